The summed E-state index contributed by atoms with van der Waals surface area (Å²) in [5.41, 5.74) is 0. The molecule has 2 saturated carbocycles. The summed E-state index contributed by atoms with van der Waals surface area (Å²) < 4.78 is 0. The molecule has 2 rings (SSSR count). The molecule has 0 radical (unpaired) electrons. The van der Waals surface area contributed by atoms with Crippen LogP contribution in [0, 0.1) is 5.92 Å². The van der Waals surface area contributed by atoms with E-state index in [9.17, 15) is 4.79 Å². The van der Waals surface area contributed by atoms with E-state index >= 15 is 0 Å². The van der Waals surface area contributed by atoms with Crippen molar-refractivity contribution in [3.63, 3.8) is 0 Å². The monoisotopic (exact) mass is 242 g/mol. The Balaban J connectivity index is 1.55. The quantitative estimate of drug-likeness (QED) is 0.739. The summed E-state index contributed by atoms with van der Waals surface area (Å²) in [4.78, 5) is 11.6. The largest absolute Gasteiger partial charge is 0.352 e. The lowest BCUT2D eigenvalue weighted by molar-refractivity contribution is -0.120. The minimum Gasteiger partial charge on any atom is -0.352 e. The van der Waals surface area contributed by atoms with E-state index < -0.39 is 0 Å². The molecule has 3 nitrogen and oxygen atoms in total. The first-order valence-corrected chi connectivity index (χ1v) is 7.59. The number of amides is 1. The Morgan fingerprint density at radius 3 is 2.75 bits per heavy atom. The number of nitrogens with one attached hydrogen (secondary N) is 2. The number of hydrogen-bond donors (Lipinski definition) is 2. The van der Waals surface area contributed by atoms with Gasteiger partial charge in [0.2, 0.25) is 5.91 Å². The molecule has 4 heteroatoms. The molecule has 0 heterocycles. The van der Waals surface area contributed by atoms with Crippen molar-refractivity contribution in [2.24, 2.45) is 5.92 Å². The smallest absolute Gasteiger partial charge is 0.234 e. The van der Waals surface area contributed by atoms with Crippen LogP contribution >= 0.6 is 11.8 Å². The third-order valence-electron chi connectivity index (χ3n) is 3.50. The lowest BCUT2D eigenvalue weighted by atomic mass is 10.2. The Kier molecular flexibility index (Phi) is 4.53. The molecule has 0 saturated heterocycles. The second-order valence-corrected chi connectivity index (χ2v) is 6.15. The number of thioether (sulfide) groups is 1. The van der Waals surface area contributed by atoms with Gasteiger partial charge in [-0.3, -0.25) is 4.79 Å². The Bertz CT molecular complexity index is 243. The maximum absolute atomic E-state index is 11.6. The molecule has 2 aliphatic rings. The van der Waals surface area contributed by atoms with Crippen molar-refractivity contribution in [1.82, 2.24) is 10.6 Å². The Morgan fingerprint density at radius 1 is 1.31 bits per heavy atom. The fourth-order valence-corrected chi connectivity index (χ4v) is 3.07. The van der Waals surface area contributed by atoms with E-state index in [1.54, 1.807) is 0 Å². The van der Waals surface area contributed by atoms with Gasteiger partial charge in [0, 0.05) is 11.3 Å². The highest BCUT2D eigenvalue weighted by Gasteiger charge is 2.25. The average molecular weight is 242 g/mol. The molecule has 0 aliphatic heterocycles. The molecule has 2 unspecified atom stereocenters. The van der Waals surface area contributed by atoms with E-state index in [-0.39, 0.29) is 5.91 Å². The molecular weight excluding hydrogens is 220 g/mol. The molecule has 0 bridgehead atoms. The Labute approximate surface area is 102 Å². The van der Waals surface area contributed by atoms with Gasteiger partial charge in [-0.25, -0.2) is 0 Å². The Hall–Kier alpha value is -0.220. The molecule has 0 spiro atoms. The van der Waals surface area contributed by atoms with Crippen molar-refractivity contribution in [2.45, 2.75) is 43.4 Å². The summed E-state index contributed by atoms with van der Waals surface area (Å²) in [5, 5.41) is 7.11. The van der Waals surface area contributed by atoms with Crippen molar-refractivity contribution >= 4 is 17.7 Å². The number of rotatable bonds is 6. The fourth-order valence-electron chi connectivity index (χ4n) is 2.28. The second-order valence-electron chi connectivity index (χ2n) is 5.01. The van der Waals surface area contributed by atoms with Gasteiger partial charge < -0.3 is 10.6 Å². The first-order chi connectivity index (χ1) is 7.78. The lowest BCUT2D eigenvalue weighted by Crippen LogP contribution is -2.39. The first kappa shape index (κ1) is 12.2. The van der Waals surface area contributed by atoms with Crippen LogP contribution in [0.4, 0.5) is 0 Å². The van der Waals surface area contributed by atoms with Crippen LogP contribution in [0.15, 0.2) is 0 Å². The second kappa shape index (κ2) is 5.92. The molecule has 92 valence electrons. The summed E-state index contributed by atoms with van der Waals surface area (Å²) >= 11 is 1.93. The van der Waals surface area contributed by atoms with E-state index in [2.05, 4.69) is 16.9 Å². The van der Waals surface area contributed by atoms with Gasteiger partial charge in [0.05, 0.1) is 6.54 Å². The van der Waals surface area contributed by atoms with Crippen molar-refractivity contribution < 1.29 is 4.79 Å². The van der Waals surface area contributed by atoms with Crippen LogP contribution in [0.25, 0.3) is 0 Å². The molecule has 2 aliphatic carbocycles. The van der Waals surface area contributed by atoms with Gasteiger partial charge in [-0.2, -0.15) is 11.8 Å². The zero-order chi connectivity index (χ0) is 11.4. The predicted molar refractivity (Wildman–Crippen MR) is 68.7 cm³/mol. The van der Waals surface area contributed by atoms with E-state index in [0.29, 0.717) is 12.6 Å². The fraction of sp³-hybridized carbons (Fsp3) is 0.917. The van der Waals surface area contributed by atoms with Gasteiger partial charge in [-0.15, -0.1) is 0 Å². The van der Waals surface area contributed by atoms with Crippen LogP contribution < -0.4 is 10.6 Å². The Morgan fingerprint density at radius 2 is 2.12 bits per heavy atom. The van der Waals surface area contributed by atoms with Crippen LogP contribution in [-0.4, -0.2) is 36.5 Å². The summed E-state index contributed by atoms with van der Waals surface area (Å²) in [7, 11) is 0. The highest BCUT2D eigenvalue weighted by atomic mass is 32.2. The standard InChI is InChI=1S/C12H22N2OS/c1-16-11-5-4-10(6-11)14-12(15)8-13-7-9-2-3-9/h9-11,13H,2-8H2,1H3,(H,14,15). The van der Waals surface area contributed by atoms with Crippen LogP contribution in [0.1, 0.15) is 32.1 Å². The minimum absolute atomic E-state index is 0.174. The van der Waals surface area contributed by atoms with Gasteiger partial charge in [0.25, 0.3) is 0 Å². The summed E-state index contributed by atoms with van der Waals surface area (Å²) in [6, 6.07) is 0.424. The van der Waals surface area contributed by atoms with Crippen LogP contribution in [0.2, 0.25) is 0 Å². The van der Waals surface area contributed by atoms with Gasteiger partial charge in [-0.05, 0) is 50.8 Å². The van der Waals surface area contributed by atoms with Gasteiger partial charge in [0.1, 0.15) is 0 Å². The minimum atomic E-state index is 0.174. The molecule has 1 amide bonds. The predicted octanol–water partition coefficient (Wildman–Crippen LogP) is 1.39. The van der Waals surface area contributed by atoms with Crippen molar-refractivity contribution in [3.05, 3.63) is 0 Å². The summed E-state index contributed by atoms with van der Waals surface area (Å²) in [6.07, 6.45) is 8.39. The highest BCUT2D eigenvalue weighted by Crippen LogP contribution is 2.28. The lowest BCUT2D eigenvalue weighted by Gasteiger charge is -2.13. The maximum Gasteiger partial charge on any atom is 0.234 e. The normalized spacial score (nSPS) is 29.3. The van der Waals surface area contributed by atoms with Crippen molar-refractivity contribution in [3.8, 4) is 0 Å². The molecule has 16 heavy (non-hydrogen) atoms. The van der Waals surface area contributed by atoms with E-state index in [1.807, 2.05) is 11.8 Å². The molecule has 2 atom stereocenters. The van der Waals surface area contributed by atoms with Crippen LogP contribution in [0.5, 0.6) is 0 Å². The molecular formula is C12H22N2OS. The zero-order valence-corrected chi connectivity index (χ0v) is 10.8. The molecule has 0 aromatic rings. The summed E-state index contributed by atoms with van der Waals surface area (Å²) in [5.74, 6) is 1.02. The average Bonchev–Trinajstić information content (AvgIpc) is 2.97. The van der Waals surface area contributed by atoms with Crippen molar-refractivity contribution in [2.75, 3.05) is 19.3 Å². The molecule has 0 aromatic carbocycles. The van der Waals surface area contributed by atoms with Crippen LogP contribution in [0.3, 0.4) is 0 Å². The zero-order valence-electron chi connectivity index (χ0n) is 10.00. The van der Waals surface area contributed by atoms with Gasteiger partial charge >= 0.3 is 0 Å². The van der Waals surface area contributed by atoms with Crippen LogP contribution in [-0.2, 0) is 4.79 Å². The topological polar surface area (TPSA) is 41.1 Å². The van der Waals surface area contributed by atoms with Gasteiger partial charge in [-0.1, -0.05) is 0 Å². The summed E-state index contributed by atoms with van der Waals surface area (Å²) in [6.45, 7) is 1.52. The maximum atomic E-state index is 11.6. The SMILES string of the molecule is CSC1CCC(NC(=O)CNCC2CC2)C1. The molecule has 2 N–H and O–H groups in total. The number of carbonyl (C=O) groups excluding carboxylic acids is 1. The van der Waals surface area contributed by atoms with Crippen molar-refractivity contribution in [1.29, 1.82) is 0 Å². The number of carbonyl (C=O) groups is 1. The third-order valence-corrected chi connectivity index (χ3v) is 4.59. The van der Waals surface area contributed by atoms with E-state index in [1.165, 1.54) is 19.3 Å². The molecule has 2 fully saturated rings. The van der Waals surface area contributed by atoms with E-state index in [4.69, 9.17) is 0 Å². The number of hydrogen-bond acceptors (Lipinski definition) is 3. The van der Waals surface area contributed by atoms with Gasteiger partial charge in [0.15, 0.2) is 0 Å². The highest BCUT2D eigenvalue weighted by molar-refractivity contribution is 7.99. The molecule has 0 aromatic heterocycles. The van der Waals surface area contributed by atoms with E-state index in [0.717, 1.165) is 30.6 Å². The third kappa shape index (κ3) is 3.98. The first-order valence-electron chi connectivity index (χ1n) is 6.31.